The highest BCUT2D eigenvalue weighted by Crippen LogP contribution is 2.32. The van der Waals surface area contributed by atoms with E-state index in [1.54, 1.807) is 12.1 Å². The van der Waals surface area contributed by atoms with Crippen molar-refractivity contribution in [1.82, 2.24) is 19.8 Å². The molecule has 2 bridgehead atoms. The summed E-state index contributed by atoms with van der Waals surface area (Å²) < 4.78 is 25.8. The molecule has 3 fully saturated rings. The van der Waals surface area contributed by atoms with Gasteiger partial charge < -0.3 is 9.88 Å². The van der Waals surface area contributed by atoms with E-state index in [9.17, 15) is 8.42 Å². The maximum absolute atomic E-state index is 11.8. The Morgan fingerprint density at radius 3 is 2.33 bits per heavy atom. The number of hydrogen-bond donors (Lipinski definition) is 1. The molecule has 186 valence electrons. The van der Waals surface area contributed by atoms with Crippen LogP contribution in [0.4, 0.5) is 0 Å². The van der Waals surface area contributed by atoms with Gasteiger partial charge in [0.1, 0.15) is 0 Å². The molecule has 7 rings (SSSR count). The van der Waals surface area contributed by atoms with Crippen LogP contribution in [0.5, 0.6) is 0 Å². The standard InChI is InChI=1S/C29H32N4O2S/c1-19-26-14-28(22-8-12-25(13-9-22)36(3,34)35)32(2)29(26)15-27(31-19)21-6-4-20(5-7-21)17-33-18-23-10-11-24(33)16-30-23/h4-9,12-15,23-24,30H,10-11,16-18H2,1-3H3/t23-,24+/m1/s1. The predicted octanol–water partition coefficient (Wildman–Crippen LogP) is 4.56. The third-order valence-electron chi connectivity index (χ3n) is 7.91. The van der Waals surface area contributed by atoms with Crippen molar-refractivity contribution in [2.24, 2.45) is 7.05 Å². The quantitative estimate of drug-likeness (QED) is 0.435. The van der Waals surface area contributed by atoms with E-state index >= 15 is 0 Å². The number of fused-ring (bicyclic) bond motifs is 4. The molecule has 0 aliphatic carbocycles. The summed E-state index contributed by atoms with van der Waals surface area (Å²) >= 11 is 0. The van der Waals surface area contributed by atoms with Crippen LogP contribution >= 0.6 is 0 Å². The molecule has 2 aromatic carbocycles. The van der Waals surface area contributed by atoms with Crippen LogP contribution in [0.2, 0.25) is 0 Å². The summed E-state index contributed by atoms with van der Waals surface area (Å²) in [6.07, 6.45) is 3.84. The minimum Gasteiger partial charge on any atom is -0.344 e. The van der Waals surface area contributed by atoms with Crippen molar-refractivity contribution in [1.29, 1.82) is 0 Å². The molecule has 3 aliphatic rings. The van der Waals surface area contributed by atoms with E-state index in [0.717, 1.165) is 58.7 Å². The molecule has 6 nitrogen and oxygen atoms in total. The lowest BCUT2D eigenvalue weighted by molar-refractivity contribution is 0.0685. The molecule has 0 radical (unpaired) electrons. The maximum atomic E-state index is 11.8. The molecule has 1 N–H and O–H groups in total. The fourth-order valence-corrected chi connectivity index (χ4v) is 6.42. The molecule has 2 aromatic heterocycles. The Kier molecular flexibility index (Phi) is 5.74. The van der Waals surface area contributed by atoms with Crippen molar-refractivity contribution in [2.75, 3.05) is 19.3 Å². The largest absolute Gasteiger partial charge is 0.344 e. The first-order chi connectivity index (χ1) is 17.3. The second-order valence-electron chi connectivity index (χ2n) is 10.4. The van der Waals surface area contributed by atoms with Gasteiger partial charge in [0, 0.05) is 67.4 Å². The van der Waals surface area contributed by atoms with E-state index in [4.69, 9.17) is 4.98 Å². The van der Waals surface area contributed by atoms with Crippen molar-refractivity contribution in [3.63, 3.8) is 0 Å². The molecule has 4 aromatic rings. The molecule has 2 atom stereocenters. The van der Waals surface area contributed by atoms with E-state index in [2.05, 4.69) is 65.2 Å². The summed E-state index contributed by atoms with van der Waals surface area (Å²) in [5.74, 6) is 0. The van der Waals surface area contributed by atoms with Crippen LogP contribution in [0.3, 0.4) is 0 Å². The number of hydrogen-bond acceptors (Lipinski definition) is 5. The average Bonchev–Trinajstić information content (AvgIpc) is 3.22. The molecule has 3 saturated heterocycles. The van der Waals surface area contributed by atoms with Crippen LogP contribution in [0, 0.1) is 6.92 Å². The number of pyridine rings is 1. The normalized spacial score (nSPS) is 20.3. The number of piperidine rings is 2. The second kappa shape index (κ2) is 8.83. The summed E-state index contributed by atoms with van der Waals surface area (Å²) in [7, 11) is -1.16. The van der Waals surface area contributed by atoms with Gasteiger partial charge in [-0.05, 0) is 55.2 Å². The number of nitrogens with one attached hydrogen (secondary N) is 1. The summed E-state index contributed by atoms with van der Waals surface area (Å²) in [4.78, 5) is 7.89. The molecule has 0 saturated carbocycles. The third-order valence-corrected chi connectivity index (χ3v) is 9.03. The van der Waals surface area contributed by atoms with E-state index in [1.807, 2.05) is 12.1 Å². The first kappa shape index (κ1) is 23.4. The molecule has 0 amide bonds. The first-order valence-electron chi connectivity index (χ1n) is 12.6. The lowest BCUT2D eigenvalue weighted by atomic mass is 9.92. The molecule has 36 heavy (non-hydrogen) atoms. The minimum absolute atomic E-state index is 0.332. The zero-order valence-electron chi connectivity index (χ0n) is 21.0. The van der Waals surface area contributed by atoms with Crippen molar-refractivity contribution in [2.45, 2.75) is 43.3 Å². The predicted molar refractivity (Wildman–Crippen MR) is 145 cm³/mol. The van der Waals surface area contributed by atoms with Gasteiger partial charge in [0.2, 0.25) is 0 Å². The lowest BCUT2D eigenvalue weighted by Crippen LogP contribution is -2.60. The highest BCUT2D eigenvalue weighted by Gasteiger charge is 2.33. The highest BCUT2D eigenvalue weighted by atomic mass is 32.2. The number of aromatic nitrogens is 2. The number of benzene rings is 2. The van der Waals surface area contributed by atoms with Crippen molar-refractivity contribution >= 4 is 20.7 Å². The summed E-state index contributed by atoms with van der Waals surface area (Å²) in [6.45, 7) is 5.33. The molecular formula is C29H32N4O2S. The smallest absolute Gasteiger partial charge is 0.175 e. The number of aryl methyl sites for hydroxylation is 2. The van der Waals surface area contributed by atoms with Gasteiger partial charge >= 0.3 is 0 Å². The molecule has 0 unspecified atom stereocenters. The van der Waals surface area contributed by atoms with Crippen LogP contribution in [0.25, 0.3) is 33.4 Å². The Hall–Kier alpha value is -3.00. The van der Waals surface area contributed by atoms with E-state index in [0.29, 0.717) is 17.0 Å². The van der Waals surface area contributed by atoms with Gasteiger partial charge in [-0.25, -0.2) is 8.42 Å². The summed E-state index contributed by atoms with van der Waals surface area (Å²) in [5, 5.41) is 4.74. The van der Waals surface area contributed by atoms with E-state index < -0.39 is 9.84 Å². The van der Waals surface area contributed by atoms with Crippen LogP contribution in [0.1, 0.15) is 24.1 Å². The summed E-state index contributed by atoms with van der Waals surface area (Å²) in [6, 6.07) is 21.6. The van der Waals surface area contributed by atoms with Gasteiger partial charge in [-0.2, -0.15) is 0 Å². The molecule has 7 heteroatoms. The van der Waals surface area contributed by atoms with Gasteiger partial charge in [-0.1, -0.05) is 36.4 Å². The van der Waals surface area contributed by atoms with E-state index in [1.165, 1.54) is 24.7 Å². The molecule has 5 heterocycles. The Labute approximate surface area is 212 Å². The minimum atomic E-state index is -3.22. The van der Waals surface area contributed by atoms with Gasteiger partial charge in [-0.15, -0.1) is 0 Å². The average molecular weight is 501 g/mol. The molecular weight excluding hydrogens is 468 g/mol. The van der Waals surface area contributed by atoms with E-state index in [-0.39, 0.29) is 0 Å². The second-order valence-corrected chi connectivity index (χ2v) is 12.4. The van der Waals surface area contributed by atoms with Crippen molar-refractivity contribution in [3.8, 4) is 22.5 Å². The lowest BCUT2D eigenvalue weighted by Gasteiger charge is -2.46. The van der Waals surface area contributed by atoms with Crippen molar-refractivity contribution < 1.29 is 8.42 Å². The Balaban J connectivity index is 1.28. The fraction of sp³-hybridized carbons (Fsp3) is 0.345. The zero-order chi connectivity index (χ0) is 25.0. The first-order valence-corrected chi connectivity index (χ1v) is 14.5. The Morgan fingerprint density at radius 1 is 1.00 bits per heavy atom. The maximum Gasteiger partial charge on any atom is 0.175 e. The topological polar surface area (TPSA) is 67.2 Å². The molecule has 0 spiro atoms. The fourth-order valence-electron chi connectivity index (χ4n) is 5.79. The van der Waals surface area contributed by atoms with Crippen LogP contribution in [-0.2, 0) is 23.4 Å². The van der Waals surface area contributed by atoms with Crippen LogP contribution < -0.4 is 5.32 Å². The number of sulfone groups is 1. The van der Waals surface area contributed by atoms with Gasteiger partial charge in [0.05, 0.1) is 16.1 Å². The Morgan fingerprint density at radius 2 is 1.72 bits per heavy atom. The number of nitrogens with zero attached hydrogens (tertiary/aromatic N) is 3. The summed E-state index contributed by atoms with van der Waals surface area (Å²) in [5.41, 5.74) is 7.54. The van der Waals surface area contributed by atoms with Gasteiger partial charge in [-0.3, -0.25) is 9.88 Å². The Bertz CT molecular complexity index is 1530. The van der Waals surface area contributed by atoms with Crippen LogP contribution in [0.15, 0.2) is 65.6 Å². The third kappa shape index (κ3) is 4.25. The zero-order valence-corrected chi connectivity index (χ0v) is 21.8. The van der Waals surface area contributed by atoms with Gasteiger partial charge in [0.25, 0.3) is 0 Å². The monoisotopic (exact) mass is 500 g/mol. The highest BCUT2D eigenvalue weighted by molar-refractivity contribution is 7.90. The molecule has 3 aliphatic heterocycles. The van der Waals surface area contributed by atoms with Crippen LogP contribution in [-0.4, -0.2) is 54.3 Å². The number of rotatable bonds is 5. The van der Waals surface area contributed by atoms with Crippen molar-refractivity contribution in [3.05, 3.63) is 71.9 Å². The van der Waals surface area contributed by atoms with Gasteiger partial charge in [0.15, 0.2) is 9.84 Å². The SMILES string of the molecule is Cc1nc(-c2ccc(CN3C[C@H]4CC[C@H]3CN4)cc2)cc2c1cc(-c1ccc(S(C)(=O)=O)cc1)n2C. The number of piperazine rings is 1.